The van der Waals surface area contributed by atoms with E-state index in [0.717, 1.165) is 55.6 Å². The Morgan fingerprint density at radius 3 is 2.48 bits per heavy atom. The summed E-state index contributed by atoms with van der Waals surface area (Å²) in [7, 11) is -3.29. The molecular formula is C15H14F2N2O4S2. The monoisotopic (exact) mass is 388 g/mol. The Labute approximate surface area is 146 Å². The minimum atomic E-state index is -4.27. The lowest BCUT2D eigenvalue weighted by atomic mass is 10.1. The van der Waals surface area contributed by atoms with Crippen LogP contribution in [0.25, 0.3) is 0 Å². The molecule has 1 N–H and O–H groups in total. The fourth-order valence-electron chi connectivity index (χ4n) is 2.42. The zero-order valence-electron chi connectivity index (χ0n) is 13.0. The Morgan fingerprint density at radius 1 is 1.36 bits per heavy atom. The number of carboxylic acid groups (broad SMARTS) is 1. The predicted molar refractivity (Wildman–Crippen MR) is 85.8 cm³/mol. The highest BCUT2D eigenvalue weighted by Gasteiger charge is 2.39. The van der Waals surface area contributed by atoms with Crippen molar-refractivity contribution in [2.45, 2.75) is 29.0 Å². The van der Waals surface area contributed by atoms with E-state index in [1.165, 1.54) is 0 Å². The normalized spacial score (nSPS) is 16.2. The number of likely N-dealkylation sites (N-methyl/N-ethyl adjacent to an activating group) is 1. The molecule has 0 aliphatic heterocycles. The third-order valence-electron chi connectivity index (χ3n) is 3.93. The zero-order valence-corrected chi connectivity index (χ0v) is 14.7. The number of nitrogens with zero attached hydrogens (tertiary/aromatic N) is 2. The van der Waals surface area contributed by atoms with Crippen molar-refractivity contribution in [1.29, 1.82) is 0 Å². The van der Waals surface area contributed by atoms with Crippen molar-refractivity contribution in [1.82, 2.24) is 9.29 Å². The maximum atomic E-state index is 14.0. The first kappa shape index (κ1) is 17.9. The molecule has 1 aromatic carbocycles. The first-order chi connectivity index (χ1) is 11.7. The molecule has 1 atom stereocenters. The van der Waals surface area contributed by atoms with Crippen molar-refractivity contribution < 1.29 is 27.1 Å². The van der Waals surface area contributed by atoms with Gasteiger partial charge in [0.1, 0.15) is 11.6 Å². The van der Waals surface area contributed by atoms with E-state index in [1.807, 2.05) is 0 Å². The van der Waals surface area contributed by atoms with Crippen molar-refractivity contribution in [3.63, 3.8) is 0 Å². The van der Waals surface area contributed by atoms with Crippen molar-refractivity contribution >= 4 is 27.3 Å². The number of hydrogen-bond donors (Lipinski definition) is 1. The van der Waals surface area contributed by atoms with Crippen LogP contribution in [-0.4, -0.2) is 35.8 Å². The van der Waals surface area contributed by atoms with Crippen molar-refractivity contribution in [2.24, 2.45) is 0 Å². The van der Waals surface area contributed by atoms with E-state index in [4.69, 9.17) is 0 Å². The van der Waals surface area contributed by atoms with Crippen molar-refractivity contribution in [2.75, 3.05) is 7.05 Å². The molecule has 1 aromatic heterocycles. The minimum absolute atomic E-state index is 0.153. The number of hydrogen-bond acceptors (Lipinski definition) is 5. The maximum absolute atomic E-state index is 14.0. The summed E-state index contributed by atoms with van der Waals surface area (Å²) in [5.41, 5.74) is -0.826. The smallest absolute Gasteiger partial charge is 0.326 e. The molecule has 1 saturated carbocycles. The lowest BCUT2D eigenvalue weighted by molar-refractivity contribution is -0.141. The summed E-state index contributed by atoms with van der Waals surface area (Å²) < 4.78 is 53.7. The lowest BCUT2D eigenvalue weighted by Crippen LogP contribution is -2.36. The molecule has 3 rings (SSSR count). The largest absolute Gasteiger partial charge is 0.480 e. The Bertz CT molecular complexity index is 905. The van der Waals surface area contributed by atoms with Crippen LogP contribution >= 0.6 is 11.3 Å². The van der Waals surface area contributed by atoms with Gasteiger partial charge in [0.05, 0.1) is 16.8 Å². The molecular weight excluding hydrogens is 374 g/mol. The van der Waals surface area contributed by atoms with Gasteiger partial charge in [0.2, 0.25) is 0 Å². The SMILES string of the molecule is CN(C(C(=O)O)c1c(F)cccc1F)S(=O)(=O)c1cnc(C2CC2)s1. The van der Waals surface area contributed by atoms with Gasteiger partial charge in [0.15, 0.2) is 10.3 Å². The van der Waals surface area contributed by atoms with Crippen molar-refractivity contribution in [3.8, 4) is 0 Å². The molecule has 0 bridgehead atoms. The van der Waals surface area contributed by atoms with Gasteiger partial charge in [-0.25, -0.2) is 22.2 Å². The Morgan fingerprint density at radius 2 is 1.96 bits per heavy atom. The molecule has 0 saturated heterocycles. The summed E-state index contributed by atoms with van der Waals surface area (Å²) in [4.78, 5) is 15.7. The van der Waals surface area contributed by atoms with Crippen LogP contribution in [0.15, 0.2) is 28.6 Å². The number of carboxylic acids is 1. The van der Waals surface area contributed by atoms with Crippen LogP contribution in [0.4, 0.5) is 8.78 Å². The summed E-state index contributed by atoms with van der Waals surface area (Å²) in [5.74, 6) is -3.70. The van der Waals surface area contributed by atoms with Gasteiger partial charge in [0, 0.05) is 13.0 Å². The predicted octanol–water partition coefficient (Wildman–Crippen LogP) is 2.75. The third-order valence-corrected chi connectivity index (χ3v) is 7.35. The number of thiazole rings is 1. The Kier molecular flexibility index (Phi) is 4.60. The molecule has 0 amide bonds. The molecule has 134 valence electrons. The maximum Gasteiger partial charge on any atom is 0.326 e. The average Bonchev–Trinajstić information content (AvgIpc) is 3.26. The summed E-state index contributed by atoms with van der Waals surface area (Å²) in [6.07, 6.45) is 3.02. The third kappa shape index (κ3) is 3.29. The van der Waals surface area contributed by atoms with Gasteiger partial charge < -0.3 is 5.11 Å². The van der Waals surface area contributed by atoms with E-state index in [2.05, 4.69) is 4.98 Å². The first-order valence-electron chi connectivity index (χ1n) is 7.34. The highest BCUT2D eigenvalue weighted by Crippen LogP contribution is 2.43. The van der Waals surface area contributed by atoms with Crippen LogP contribution in [0.1, 0.15) is 35.4 Å². The first-order valence-corrected chi connectivity index (χ1v) is 9.59. The average molecular weight is 388 g/mol. The second-order valence-corrected chi connectivity index (χ2v) is 8.98. The van der Waals surface area contributed by atoms with E-state index >= 15 is 0 Å². The molecule has 0 spiro atoms. The topological polar surface area (TPSA) is 87.6 Å². The van der Waals surface area contributed by atoms with E-state index in [0.29, 0.717) is 9.31 Å². The van der Waals surface area contributed by atoms with Gasteiger partial charge in [-0.2, -0.15) is 4.31 Å². The fourth-order valence-corrected chi connectivity index (χ4v) is 5.22. The quantitative estimate of drug-likeness (QED) is 0.822. The van der Waals surface area contributed by atoms with E-state index in [9.17, 15) is 27.1 Å². The van der Waals surface area contributed by atoms with Gasteiger partial charge >= 0.3 is 5.97 Å². The van der Waals surface area contributed by atoms with Crippen LogP contribution < -0.4 is 0 Å². The summed E-state index contributed by atoms with van der Waals surface area (Å²) in [6, 6.07) is 0.809. The molecule has 1 heterocycles. The Balaban J connectivity index is 2.02. The van der Waals surface area contributed by atoms with E-state index in [-0.39, 0.29) is 10.1 Å². The van der Waals surface area contributed by atoms with Crippen LogP contribution in [0.5, 0.6) is 0 Å². The minimum Gasteiger partial charge on any atom is -0.480 e. The molecule has 6 nitrogen and oxygen atoms in total. The number of benzene rings is 1. The van der Waals surface area contributed by atoms with E-state index in [1.54, 1.807) is 0 Å². The summed E-state index contributed by atoms with van der Waals surface area (Å²) >= 11 is 0.950. The fraction of sp³-hybridized carbons (Fsp3) is 0.333. The Hall–Kier alpha value is -1.91. The van der Waals surface area contributed by atoms with Gasteiger partial charge in [0.25, 0.3) is 10.0 Å². The highest BCUT2D eigenvalue weighted by molar-refractivity contribution is 7.91. The number of carbonyl (C=O) groups is 1. The van der Waals surface area contributed by atoms with Gasteiger partial charge in [-0.05, 0) is 25.0 Å². The van der Waals surface area contributed by atoms with Gasteiger partial charge in [-0.3, -0.25) is 4.79 Å². The summed E-state index contributed by atoms with van der Waals surface area (Å²) in [5, 5.41) is 10.1. The van der Waals surface area contributed by atoms with Crippen LogP contribution in [0, 0.1) is 11.6 Å². The van der Waals surface area contributed by atoms with Gasteiger partial charge in [-0.1, -0.05) is 6.07 Å². The molecule has 10 heteroatoms. The number of sulfonamides is 1. The molecule has 25 heavy (non-hydrogen) atoms. The standard InChI is InChI=1S/C15H14F2N2O4S2/c1-19(13(15(20)21)12-9(16)3-2-4-10(12)17)25(22,23)11-7-18-14(24-11)8-5-6-8/h2-4,7-8,13H,5-6H2,1H3,(H,20,21). The lowest BCUT2D eigenvalue weighted by Gasteiger charge is -2.24. The molecule has 0 radical (unpaired) electrons. The highest BCUT2D eigenvalue weighted by atomic mass is 32.2. The number of rotatable bonds is 6. The number of aliphatic carboxylic acids is 1. The van der Waals surface area contributed by atoms with Crippen molar-refractivity contribution in [3.05, 3.63) is 46.6 Å². The summed E-state index contributed by atoms with van der Waals surface area (Å²) in [6.45, 7) is 0. The number of halogens is 2. The van der Waals surface area contributed by atoms with Crippen LogP contribution in [0.2, 0.25) is 0 Å². The van der Waals surface area contributed by atoms with Crippen LogP contribution in [0.3, 0.4) is 0 Å². The molecule has 2 aromatic rings. The molecule has 1 unspecified atom stereocenters. The number of aromatic nitrogens is 1. The molecule has 1 aliphatic carbocycles. The molecule has 1 fully saturated rings. The second kappa shape index (κ2) is 6.43. The van der Waals surface area contributed by atoms with Crippen LogP contribution in [-0.2, 0) is 14.8 Å². The second-order valence-electron chi connectivity index (χ2n) is 5.69. The van der Waals surface area contributed by atoms with E-state index < -0.39 is 39.2 Å². The zero-order chi connectivity index (χ0) is 18.4. The van der Waals surface area contributed by atoms with Gasteiger partial charge in [-0.15, -0.1) is 11.3 Å². The molecule has 1 aliphatic rings.